The van der Waals surface area contributed by atoms with Gasteiger partial charge in [-0.05, 0) is 36.8 Å². The van der Waals surface area contributed by atoms with E-state index in [0.29, 0.717) is 5.56 Å². The van der Waals surface area contributed by atoms with Crippen LogP contribution in [0.5, 0.6) is 0 Å². The lowest BCUT2D eigenvalue weighted by atomic mass is 10.1. The average molecular weight is 259 g/mol. The van der Waals surface area contributed by atoms with Gasteiger partial charge in [-0.25, -0.2) is 9.18 Å². The van der Waals surface area contributed by atoms with Crippen LogP contribution in [0.4, 0.5) is 10.1 Å². The second kappa shape index (κ2) is 5.52. The van der Waals surface area contributed by atoms with Crippen LogP contribution in [0.15, 0.2) is 42.5 Å². The Bertz CT molecular complexity index is 611. The lowest BCUT2D eigenvalue weighted by molar-refractivity contribution is 0.0696. The normalized spacial score (nSPS) is 10.2. The van der Waals surface area contributed by atoms with Crippen molar-refractivity contribution < 1.29 is 14.3 Å². The minimum absolute atomic E-state index is 0.0861. The summed E-state index contributed by atoms with van der Waals surface area (Å²) < 4.78 is 13.6. The molecule has 0 aliphatic carbocycles. The molecule has 0 bridgehead atoms. The van der Waals surface area contributed by atoms with Gasteiger partial charge in [0.15, 0.2) is 0 Å². The smallest absolute Gasteiger partial charge is 0.335 e. The van der Waals surface area contributed by atoms with E-state index in [1.54, 1.807) is 0 Å². The zero-order valence-electron chi connectivity index (χ0n) is 10.5. The summed E-state index contributed by atoms with van der Waals surface area (Å²) in [6.45, 7) is 2.20. The lowest BCUT2D eigenvalue weighted by Crippen LogP contribution is -2.05. The molecule has 2 aromatic rings. The first kappa shape index (κ1) is 13.1. The van der Waals surface area contributed by atoms with Crippen molar-refractivity contribution >= 4 is 11.7 Å². The van der Waals surface area contributed by atoms with Gasteiger partial charge in [0.2, 0.25) is 0 Å². The number of hydrogen-bond acceptors (Lipinski definition) is 2. The molecule has 2 N–H and O–H groups in total. The Hall–Kier alpha value is -2.36. The molecule has 0 atom stereocenters. The van der Waals surface area contributed by atoms with E-state index in [-0.39, 0.29) is 12.1 Å². The Morgan fingerprint density at radius 1 is 1.26 bits per heavy atom. The summed E-state index contributed by atoms with van der Waals surface area (Å²) in [5.74, 6) is -1.47. The molecule has 4 heteroatoms. The highest BCUT2D eigenvalue weighted by molar-refractivity contribution is 5.87. The number of benzene rings is 2. The molecule has 0 saturated heterocycles. The van der Waals surface area contributed by atoms with Gasteiger partial charge in [-0.3, -0.25) is 0 Å². The summed E-state index contributed by atoms with van der Waals surface area (Å²) in [4.78, 5) is 10.8. The maximum atomic E-state index is 13.6. The molecule has 0 aliphatic heterocycles. The maximum Gasteiger partial charge on any atom is 0.335 e. The van der Waals surface area contributed by atoms with Crippen molar-refractivity contribution in [2.45, 2.75) is 13.5 Å². The van der Waals surface area contributed by atoms with E-state index in [4.69, 9.17) is 5.11 Å². The summed E-state index contributed by atoms with van der Waals surface area (Å²) in [5, 5.41) is 12.0. The number of halogens is 1. The van der Waals surface area contributed by atoms with Crippen LogP contribution in [-0.2, 0) is 6.54 Å². The summed E-state index contributed by atoms with van der Waals surface area (Å²) in [7, 11) is 0. The number of hydrogen-bond donors (Lipinski definition) is 2. The Morgan fingerprint density at radius 3 is 2.68 bits per heavy atom. The molecular formula is C15H14FNO2. The van der Waals surface area contributed by atoms with Gasteiger partial charge in [0.25, 0.3) is 0 Å². The first-order valence-electron chi connectivity index (χ1n) is 5.89. The Balaban J connectivity index is 2.17. The lowest BCUT2D eigenvalue weighted by Gasteiger charge is -2.10. The van der Waals surface area contributed by atoms with Gasteiger partial charge in [0, 0.05) is 17.8 Å². The van der Waals surface area contributed by atoms with Gasteiger partial charge < -0.3 is 10.4 Å². The summed E-state index contributed by atoms with van der Waals surface area (Å²) in [6.07, 6.45) is 0. The summed E-state index contributed by atoms with van der Waals surface area (Å²) >= 11 is 0. The van der Waals surface area contributed by atoms with E-state index in [1.807, 2.05) is 31.2 Å². The zero-order chi connectivity index (χ0) is 13.8. The number of aromatic carboxylic acids is 1. The molecule has 3 nitrogen and oxygen atoms in total. The Labute approximate surface area is 110 Å². The van der Waals surface area contributed by atoms with Crippen LogP contribution in [0.25, 0.3) is 0 Å². The summed E-state index contributed by atoms with van der Waals surface area (Å²) in [5.41, 5.74) is 2.38. The van der Waals surface area contributed by atoms with E-state index in [9.17, 15) is 9.18 Å². The van der Waals surface area contributed by atoms with E-state index in [1.165, 1.54) is 18.2 Å². The number of para-hydroxylation sites is 1. The molecule has 0 aliphatic rings. The minimum atomic E-state index is -1.06. The molecule has 19 heavy (non-hydrogen) atoms. The van der Waals surface area contributed by atoms with Crippen LogP contribution >= 0.6 is 0 Å². The third-order valence-corrected chi connectivity index (χ3v) is 2.91. The molecule has 2 aromatic carbocycles. The zero-order valence-corrected chi connectivity index (χ0v) is 10.5. The number of nitrogens with one attached hydrogen (secondary N) is 1. The molecule has 0 heterocycles. The highest BCUT2D eigenvalue weighted by Gasteiger charge is 2.08. The highest BCUT2D eigenvalue weighted by atomic mass is 19.1. The van der Waals surface area contributed by atoms with E-state index < -0.39 is 11.8 Å². The third-order valence-electron chi connectivity index (χ3n) is 2.91. The van der Waals surface area contributed by atoms with Crippen LogP contribution < -0.4 is 5.32 Å². The average Bonchev–Trinajstić information content (AvgIpc) is 2.39. The first-order valence-corrected chi connectivity index (χ1v) is 5.89. The van der Waals surface area contributed by atoms with E-state index in [0.717, 1.165) is 11.3 Å². The molecule has 0 amide bonds. The van der Waals surface area contributed by atoms with Gasteiger partial charge in [0.1, 0.15) is 5.82 Å². The van der Waals surface area contributed by atoms with Crippen molar-refractivity contribution in [3.05, 3.63) is 65.0 Å². The van der Waals surface area contributed by atoms with Crippen LogP contribution in [0.2, 0.25) is 0 Å². The van der Waals surface area contributed by atoms with Crippen molar-refractivity contribution in [3.63, 3.8) is 0 Å². The predicted octanol–water partition coefficient (Wildman–Crippen LogP) is 3.44. The molecule has 0 unspecified atom stereocenters. The van der Waals surface area contributed by atoms with Crippen molar-refractivity contribution in [3.8, 4) is 0 Å². The van der Waals surface area contributed by atoms with Crippen LogP contribution in [-0.4, -0.2) is 11.1 Å². The van der Waals surface area contributed by atoms with Crippen molar-refractivity contribution in [2.75, 3.05) is 5.32 Å². The topological polar surface area (TPSA) is 49.3 Å². The van der Waals surface area contributed by atoms with Crippen LogP contribution in [0, 0.1) is 12.7 Å². The molecule has 0 saturated carbocycles. The Kier molecular flexibility index (Phi) is 3.80. The number of anilines is 1. The van der Waals surface area contributed by atoms with Gasteiger partial charge >= 0.3 is 5.97 Å². The largest absolute Gasteiger partial charge is 0.478 e. The van der Waals surface area contributed by atoms with Gasteiger partial charge in [-0.2, -0.15) is 0 Å². The van der Waals surface area contributed by atoms with Crippen molar-refractivity contribution in [1.29, 1.82) is 0 Å². The number of carbonyl (C=O) groups is 1. The maximum absolute atomic E-state index is 13.6. The van der Waals surface area contributed by atoms with E-state index >= 15 is 0 Å². The van der Waals surface area contributed by atoms with Crippen molar-refractivity contribution in [2.24, 2.45) is 0 Å². The fourth-order valence-corrected chi connectivity index (χ4v) is 1.80. The first-order chi connectivity index (χ1) is 9.08. The number of carboxylic acid groups (broad SMARTS) is 1. The number of aryl methyl sites for hydroxylation is 1. The molecular weight excluding hydrogens is 245 g/mol. The van der Waals surface area contributed by atoms with Crippen LogP contribution in [0.3, 0.4) is 0 Å². The van der Waals surface area contributed by atoms with Crippen LogP contribution in [0.1, 0.15) is 21.5 Å². The monoisotopic (exact) mass is 259 g/mol. The SMILES string of the molecule is Cc1ccccc1NCc1cc(C(=O)O)ccc1F. The molecule has 0 radical (unpaired) electrons. The van der Waals surface area contributed by atoms with Gasteiger partial charge in [-0.1, -0.05) is 18.2 Å². The van der Waals surface area contributed by atoms with Gasteiger partial charge in [0.05, 0.1) is 5.56 Å². The predicted molar refractivity (Wildman–Crippen MR) is 71.9 cm³/mol. The number of carboxylic acids is 1. The quantitative estimate of drug-likeness (QED) is 0.884. The van der Waals surface area contributed by atoms with Gasteiger partial charge in [-0.15, -0.1) is 0 Å². The fraction of sp³-hybridized carbons (Fsp3) is 0.133. The Morgan fingerprint density at radius 2 is 2.00 bits per heavy atom. The second-order valence-electron chi connectivity index (χ2n) is 4.28. The fourth-order valence-electron chi connectivity index (χ4n) is 1.80. The second-order valence-corrected chi connectivity index (χ2v) is 4.28. The standard InChI is InChI=1S/C15H14FNO2/c1-10-4-2-3-5-14(10)17-9-12-8-11(15(18)19)6-7-13(12)16/h2-8,17H,9H2,1H3,(H,18,19). The molecule has 98 valence electrons. The highest BCUT2D eigenvalue weighted by Crippen LogP contribution is 2.17. The minimum Gasteiger partial charge on any atom is -0.478 e. The molecule has 0 aromatic heterocycles. The molecule has 2 rings (SSSR count). The molecule has 0 spiro atoms. The third kappa shape index (κ3) is 3.10. The number of rotatable bonds is 4. The van der Waals surface area contributed by atoms with Crippen molar-refractivity contribution in [1.82, 2.24) is 0 Å². The van der Waals surface area contributed by atoms with E-state index in [2.05, 4.69) is 5.32 Å². The summed E-state index contributed by atoms with van der Waals surface area (Å²) in [6, 6.07) is 11.4. The molecule has 0 fully saturated rings.